The molecule has 1 N–H and O–H groups in total. The first-order valence-electron chi connectivity index (χ1n) is 11.5. The Labute approximate surface area is 186 Å². The standard InChI is InChI=1S/C23H31N5O2S/c1-2-3-7-15-27-22(30)21-18(13-16-31-21)28-19(25-26-23(27)28)10-11-20(29)24-14-12-17-8-5-4-6-9-17/h8,13,16H,2-7,9-12,14-15H2,1H3,(H,24,29). The van der Waals surface area contributed by atoms with Gasteiger partial charge in [-0.1, -0.05) is 31.4 Å². The molecule has 1 aliphatic rings. The number of hydrogen-bond acceptors (Lipinski definition) is 5. The number of rotatable bonds is 10. The zero-order valence-electron chi connectivity index (χ0n) is 18.2. The molecule has 3 heterocycles. The Balaban J connectivity index is 1.46. The van der Waals surface area contributed by atoms with Gasteiger partial charge in [-0.05, 0) is 50.0 Å². The normalized spacial score (nSPS) is 14.3. The Bertz CT molecular complexity index is 1140. The molecule has 0 unspecified atom stereocenters. The summed E-state index contributed by atoms with van der Waals surface area (Å²) < 4.78 is 4.41. The van der Waals surface area contributed by atoms with Crippen molar-refractivity contribution in [3.05, 3.63) is 39.3 Å². The minimum absolute atomic E-state index is 0.00214. The molecule has 3 aromatic rings. The van der Waals surface area contributed by atoms with Gasteiger partial charge in [0.15, 0.2) is 0 Å². The van der Waals surface area contributed by atoms with Gasteiger partial charge in [0.25, 0.3) is 5.56 Å². The highest BCUT2D eigenvalue weighted by Crippen LogP contribution is 2.21. The molecule has 1 aliphatic carbocycles. The van der Waals surface area contributed by atoms with Crippen LogP contribution in [0.3, 0.4) is 0 Å². The second-order valence-corrected chi connectivity index (χ2v) is 9.17. The zero-order valence-corrected chi connectivity index (χ0v) is 19.0. The van der Waals surface area contributed by atoms with E-state index in [0.29, 0.717) is 31.7 Å². The number of amides is 1. The summed E-state index contributed by atoms with van der Waals surface area (Å²) in [7, 11) is 0. The van der Waals surface area contributed by atoms with E-state index in [1.807, 2.05) is 15.8 Å². The maximum absolute atomic E-state index is 12.9. The van der Waals surface area contributed by atoms with E-state index in [2.05, 4.69) is 28.5 Å². The molecule has 0 fully saturated rings. The largest absolute Gasteiger partial charge is 0.356 e. The van der Waals surface area contributed by atoms with Gasteiger partial charge in [0.1, 0.15) is 10.5 Å². The van der Waals surface area contributed by atoms with Crippen molar-refractivity contribution in [2.45, 2.75) is 77.7 Å². The van der Waals surface area contributed by atoms with Gasteiger partial charge in [-0.15, -0.1) is 21.5 Å². The van der Waals surface area contributed by atoms with Crippen molar-refractivity contribution in [2.75, 3.05) is 6.54 Å². The van der Waals surface area contributed by atoms with Crippen LogP contribution in [0.2, 0.25) is 0 Å². The van der Waals surface area contributed by atoms with Crippen LogP contribution in [0.4, 0.5) is 0 Å². The number of unbranched alkanes of at least 4 members (excludes halogenated alkanes) is 2. The molecular formula is C23H31N5O2S. The Morgan fingerprint density at radius 2 is 2.13 bits per heavy atom. The van der Waals surface area contributed by atoms with Gasteiger partial charge in [0.2, 0.25) is 11.7 Å². The molecule has 1 amide bonds. The molecular weight excluding hydrogens is 410 g/mol. The fourth-order valence-corrected chi connectivity index (χ4v) is 5.10. The minimum Gasteiger partial charge on any atom is -0.356 e. The number of aryl methyl sites for hydroxylation is 2. The van der Waals surface area contributed by atoms with Gasteiger partial charge in [0.05, 0.1) is 5.52 Å². The second kappa shape index (κ2) is 10.2. The van der Waals surface area contributed by atoms with Gasteiger partial charge in [-0.3, -0.25) is 18.6 Å². The Morgan fingerprint density at radius 1 is 1.23 bits per heavy atom. The minimum atomic E-state index is 0.00214. The van der Waals surface area contributed by atoms with Crippen LogP contribution in [0.15, 0.2) is 27.9 Å². The van der Waals surface area contributed by atoms with Crippen molar-refractivity contribution in [1.82, 2.24) is 24.5 Å². The monoisotopic (exact) mass is 441 g/mol. The van der Waals surface area contributed by atoms with E-state index in [1.54, 1.807) is 4.57 Å². The highest BCUT2D eigenvalue weighted by molar-refractivity contribution is 7.17. The SMILES string of the molecule is CCCCCn1c(=O)c2sccc2n2c(CCC(=O)NCCC3=CCCCC3)nnc12. The topological polar surface area (TPSA) is 81.3 Å². The molecule has 0 aromatic carbocycles. The number of thiophene rings is 1. The highest BCUT2D eigenvalue weighted by Gasteiger charge is 2.18. The van der Waals surface area contributed by atoms with E-state index in [-0.39, 0.29) is 11.5 Å². The third kappa shape index (κ3) is 4.89. The van der Waals surface area contributed by atoms with Crippen molar-refractivity contribution in [1.29, 1.82) is 0 Å². The van der Waals surface area contributed by atoms with Gasteiger partial charge in [-0.25, -0.2) is 0 Å². The Hall–Kier alpha value is -2.48. The maximum Gasteiger partial charge on any atom is 0.272 e. The third-order valence-electron chi connectivity index (χ3n) is 5.99. The smallest absolute Gasteiger partial charge is 0.272 e. The molecule has 0 aliphatic heterocycles. The van der Waals surface area contributed by atoms with Crippen molar-refractivity contribution in [2.24, 2.45) is 0 Å². The van der Waals surface area contributed by atoms with Crippen LogP contribution in [0.1, 0.15) is 70.5 Å². The first kappa shape index (κ1) is 21.7. The molecule has 0 radical (unpaired) electrons. The first-order chi connectivity index (χ1) is 15.2. The predicted molar refractivity (Wildman–Crippen MR) is 125 cm³/mol. The van der Waals surface area contributed by atoms with E-state index in [0.717, 1.165) is 48.1 Å². The molecule has 0 atom stereocenters. The van der Waals surface area contributed by atoms with Gasteiger partial charge in [-0.2, -0.15) is 0 Å². The van der Waals surface area contributed by atoms with Gasteiger partial charge < -0.3 is 5.32 Å². The average Bonchev–Trinajstić information content (AvgIpc) is 3.42. The quantitative estimate of drug-likeness (QED) is 0.377. The summed E-state index contributed by atoms with van der Waals surface area (Å²) >= 11 is 1.45. The van der Waals surface area contributed by atoms with Crippen LogP contribution >= 0.6 is 11.3 Å². The van der Waals surface area contributed by atoms with Crippen LogP contribution < -0.4 is 10.9 Å². The van der Waals surface area contributed by atoms with Gasteiger partial charge >= 0.3 is 0 Å². The lowest BCUT2D eigenvalue weighted by molar-refractivity contribution is -0.121. The van der Waals surface area contributed by atoms with Crippen LogP contribution in [0.25, 0.3) is 16.0 Å². The Morgan fingerprint density at radius 3 is 2.94 bits per heavy atom. The lowest BCUT2D eigenvalue weighted by atomic mass is 9.97. The summed E-state index contributed by atoms with van der Waals surface area (Å²) in [6.07, 6.45) is 12.1. The zero-order chi connectivity index (χ0) is 21.6. The maximum atomic E-state index is 12.9. The number of carbonyl (C=O) groups excluding carboxylic acids is 1. The molecule has 3 aromatic heterocycles. The molecule has 0 saturated heterocycles. The van der Waals surface area contributed by atoms with E-state index in [4.69, 9.17) is 0 Å². The molecule has 31 heavy (non-hydrogen) atoms. The molecule has 0 saturated carbocycles. The lowest BCUT2D eigenvalue weighted by Gasteiger charge is -2.13. The molecule has 4 rings (SSSR count). The molecule has 0 bridgehead atoms. The predicted octanol–water partition coefficient (Wildman–Crippen LogP) is 4.24. The number of carbonyl (C=O) groups is 1. The number of hydrogen-bond donors (Lipinski definition) is 1. The van der Waals surface area contributed by atoms with Crippen LogP contribution in [-0.2, 0) is 17.8 Å². The molecule has 8 heteroatoms. The summed E-state index contributed by atoms with van der Waals surface area (Å²) in [5, 5.41) is 13.6. The fourth-order valence-electron chi connectivity index (χ4n) is 4.27. The average molecular weight is 442 g/mol. The van der Waals surface area contributed by atoms with Crippen LogP contribution in [0.5, 0.6) is 0 Å². The van der Waals surface area contributed by atoms with E-state index >= 15 is 0 Å². The summed E-state index contributed by atoms with van der Waals surface area (Å²) in [6, 6.07) is 1.94. The van der Waals surface area contributed by atoms with E-state index in [9.17, 15) is 9.59 Å². The summed E-state index contributed by atoms with van der Waals surface area (Å²) in [5.41, 5.74) is 2.31. The van der Waals surface area contributed by atoms with E-state index < -0.39 is 0 Å². The van der Waals surface area contributed by atoms with Crippen molar-refractivity contribution in [3.63, 3.8) is 0 Å². The van der Waals surface area contributed by atoms with Gasteiger partial charge in [0, 0.05) is 25.9 Å². The first-order valence-corrected chi connectivity index (χ1v) is 12.4. The lowest BCUT2D eigenvalue weighted by Crippen LogP contribution is -2.25. The van der Waals surface area contributed by atoms with Crippen molar-refractivity contribution < 1.29 is 4.79 Å². The number of allylic oxidation sites excluding steroid dienone is 1. The summed E-state index contributed by atoms with van der Waals surface area (Å²) in [6.45, 7) is 3.47. The summed E-state index contributed by atoms with van der Waals surface area (Å²) in [4.78, 5) is 25.3. The van der Waals surface area contributed by atoms with Crippen LogP contribution in [0, 0.1) is 0 Å². The highest BCUT2D eigenvalue weighted by atomic mass is 32.1. The second-order valence-electron chi connectivity index (χ2n) is 8.26. The number of nitrogens with one attached hydrogen (secondary N) is 1. The number of fused-ring (bicyclic) bond motifs is 3. The van der Waals surface area contributed by atoms with Crippen molar-refractivity contribution in [3.8, 4) is 0 Å². The number of nitrogens with zero attached hydrogens (tertiary/aromatic N) is 4. The molecule has 0 spiro atoms. The fraction of sp³-hybridized carbons (Fsp3) is 0.565. The molecule has 7 nitrogen and oxygen atoms in total. The summed E-state index contributed by atoms with van der Waals surface area (Å²) in [5.74, 6) is 1.34. The third-order valence-corrected chi connectivity index (χ3v) is 6.89. The van der Waals surface area contributed by atoms with E-state index in [1.165, 1.54) is 36.2 Å². The number of aromatic nitrogens is 4. The van der Waals surface area contributed by atoms with Crippen LogP contribution in [-0.4, -0.2) is 31.6 Å². The molecule has 166 valence electrons. The van der Waals surface area contributed by atoms with Crippen molar-refractivity contribution >= 4 is 33.2 Å². The Kier molecular flexibility index (Phi) is 7.17.